The predicted octanol–water partition coefficient (Wildman–Crippen LogP) is 2.31. The van der Waals surface area contributed by atoms with Crippen LogP contribution in [0.1, 0.15) is 5.82 Å². The lowest BCUT2D eigenvalue weighted by Crippen LogP contribution is -2.36. The zero-order valence-electron chi connectivity index (χ0n) is 13.5. The van der Waals surface area contributed by atoms with Gasteiger partial charge in [-0.05, 0) is 38.2 Å². The molecule has 1 aromatic carbocycles. The Morgan fingerprint density at radius 2 is 2.13 bits per heavy atom. The minimum absolute atomic E-state index is 0.126. The monoisotopic (exact) mass is 353 g/mol. The number of nitrogens with zero attached hydrogens (tertiary/aromatic N) is 2. The maximum Gasteiger partial charge on any atom is 0.324 e. The highest BCUT2D eigenvalue weighted by atomic mass is 32.2. The highest BCUT2D eigenvalue weighted by molar-refractivity contribution is 8.01. The molecule has 0 radical (unpaired) electrons. The Morgan fingerprint density at radius 3 is 2.91 bits per heavy atom. The summed E-state index contributed by atoms with van der Waals surface area (Å²) in [6, 6.07) is 7.91. The number of benzene rings is 1. The van der Waals surface area contributed by atoms with Crippen molar-refractivity contribution in [3.63, 3.8) is 0 Å². The normalized spacial score (nSPS) is 11.1. The van der Waals surface area contributed by atoms with Crippen LogP contribution >= 0.6 is 23.7 Å². The Balaban J connectivity index is 1.53. The van der Waals surface area contributed by atoms with Crippen LogP contribution in [0.4, 0.5) is 4.79 Å². The Morgan fingerprint density at radius 1 is 1.30 bits per heavy atom. The fraction of sp³-hybridized carbons (Fsp3) is 0.467. The van der Waals surface area contributed by atoms with Gasteiger partial charge in [0.25, 0.3) is 0 Å². The van der Waals surface area contributed by atoms with Crippen molar-refractivity contribution in [3.8, 4) is 0 Å². The second-order valence-electron chi connectivity index (χ2n) is 5.26. The van der Waals surface area contributed by atoms with Crippen LogP contribution in [-0.2, 0) is 5.75 Å². The average molecular weight is 354 g/mol. The first-order valence-corrected chi connectivity index (χ1v) is 9.61. The van der Waals surface area contributed by atoms with Crippen molar-refractivity contribution >= 4 is 40.8 Å². The second-order valence-corrected chi connectivity index (χ2v) is 7.27. The third-order valence-corrected chi connectivity index (χ3v) is 4.98. The summed E-state index contributed by atoms with van der Waals surface area (Å²) in [5.41, 5.74) is 2.09. The van der Waals surface area contributed by atoms with E-state index >= 15 is 0 Å². The van der Waals surface area contributed by atoms with Crippen LogP contribution in [0.25, 0.3) is 11.0 Å². The highest BCUT2D eigenvalue weighted by Crippen LogP contribution is 2.15. The molecule has 0 atom stereocenters. The first-order chi connectivity index (χ1) is 11.1. The van der Waals surface area contributed by atoms with E-state index in [2.05, 4.69) is 20.0 Å². The number of amides is 2. The standard InChI is InChI=1S/C15H23N5OS2/c1-20(2)8-7-16-15(21)19-23-10-9-22-11-14-17-12-5-3-4-6-13(12)18-14/h3-6H,7-11H2,1-2H3,(H,17,18)(H2,16,19,21). The fourth-order valence-corrected chi connectivity index (χ4v) is 3.47. The molecule has 0 fully saturated rings. The molecule has 1 aromatic heterocycles. The van der Waals surface area contributed by atoms with Crippen molar-refractivity contribution in [2.75, 3.05) is 38.7 Å². The van der Waals surface area contributed by atoms with Gasteiger partial charge in [-0.25, -0.2) is 9.78 Å². The zero-order valence-corrected chi connectivity index (χ0v) is 15.1. The van der Waals surface area contributed by atoms with Gasteiger partial charge < -0.3 is 15.2 Å². The first kappa shape index (κ1) is 18.0. The molecular weight excluding hydrogens is 330 g/mol. The van der Waals surface area contributed by atoms with Crippen LogP contribution in [0.2, 0.25) is 0 Å². The fourth-order valence-electron chi connectivity index (χ4n) is 1.89. The molecule has 3 N–H and O–H groups in total. The summed E-state index contributed by atoms with van der Waals surface area (Å²) >= 11 is 3.24. The number of para-hydroxylation sites is 2. The van der Waals surface area contributed by atoms with Gasteiger partial charge in [-0.3, -0.25) is 4.72 Å². The molecule has 2 rings (SSSR count). The van der Waals surface area contributed by atoms with Gasteiger partial charge in [0.05, 0.1) is 16.8 Å². The molecule has 6 nitrogen and oxygen atoms in total. The zero-order chi connectivity index (χ0) is 16.5. The number of hydrogen-bond donors (Lipinski definition) is 3. The van der Waals surface area contributed by atoms with E-state index in [1.807, 2.05) is 43.3 Å². The molecule has 1 heterocycles. The van der Waals surface area contributed by atoms with Crippen LogP contribution in [-0.4, -0.2) is 59.6 Å². The van der Waals surface area contributed by atoms with Gasteiger partial charge in [0.15, 0.2) is 0 Å². The summed E-state index contributed by atoms with van der Waals surface area (Å²) < 4.78 is 2.79. The van der Waals surface area contributed by atoms with Crippen LogP contribution in [0.15, 0.2) is 24.3 Å². The molecule has 0 aliphatic rings. The molecule has 2 amide bonds. The van der Waals surface area contributed by atoms with Crippen molar-refractivity contribution in [1.82, 2.24) is 24.9 Å². The van der Waals surface area contributed by atoms with Gasteiger partial charge in [0, 0.05) is 24.6 Å². The van der Waals surface area contributed by atoms with E-state index in [-0.39, 0.29) is 6.03 Å². The lowest BCUT2D eigenvalue weighted by atomic mass is 10.3. The lowest BCUT2D eigenvalue weighted by molar-refractivity contribution is 0.245. The molecule has 126 valence electrons. The van der Waals surface area contributed by atoms with Crippen LogP contribution in [0.5, 0.6) is 0 Å². The molecule has 0 spiro atoms. The Kier molecular flexibility index (Phi) is 7.57. The van der Waals surface area contributed by atoms with Crippen LogP contribution in [0, 0.1) is 0 Å². The van der Waals surface area contributed by atoms with Gasteiger partial charge in [0.2, 0.25) is 0 Å². The molecule has 23 heavy (non-hydrogen) atoms. The van der Waals surface area contributed by atoms with Gasteiger partial charge in [-0.1, -0.05) is 12.1 Å². The third-order valence-electron chi connectivity index (χ3n) is 3.02. The maximum atomic E-state index is 11.5. The van der Waals surface area contributed by atoms with Crippen molar-refractivity contribution < 1.29 is 4.79 Å². The summed E-state index contributed by atoms with van der Waals surface area (Å²) in [5.74, 6) is 3.67. The van der Waals surface area contributed by atoms with Gasteiger partial charge in [-0.15, -0.1) is 0 Å². The Hall–Kier alpha value is -1.38. The number of aromatic amines is 1. The van der Waals surface area contributed by atoms with E-state index in [1.165, 1.54) is 11.9 Å². The number of likely N-dealkylation sites (N-methyl/N-ethyl adjacent to an activating group) is 1. The van der Waals surface area contributed by atoms with Crippen molar-refractivity contribution in [2.24, 2.45) is 0 Å². The Bertz CT molecular complexity index is 584. The number of hydrogen-bond acceptors (Lipinski definition) is 5. The number of carbonyl (C=O) groups is 1. The number of fused-ring (bicyclic) bond motifs is 1. The quantitative estimate of drug-likeness (QED) is 0.477. The SMILES string of the molecule is CN(C)CCNC(=O)NSCCSCc1nc2ccccc2[nH]1. The predicted molar refractivity (Wildman–Crippen MR) is 99.8 cm³/mol. The molecule has 8 heteroatoms. The number of carbonyl (C=O) groups excluding carboxylic acids is 1. The summed E-state index contributed by atoms with van der Waals surface area (Å²) in [6.45, 7) is 1.49. The highest BCUT2D eigenvalue weighted by Gasteiger charge is 2.03. The van der Waals surface area contributed by atoms with E-state index < -0.39 is 0 Å². The van der Waals surface area contributed by atoms with E-state index in [0.29, 0.717) is 6.54 Å². The van der Waals surface area contributed by atoms with Crippen LogP contribution in [0.3, 0.4) is 0 Å². The average Bonchev–Trinajstić information content (AvgIpc) is 2.93. The van der Waals surface area contributed by atoms with E-state index in [0.717, 1.165) is 40.7 Å². The third kappa shape index (κ3) is 6.72. The van der Waals surface area contributed by atoms with E-state index in [4.69, 9.17) is 0 Å². The molecule has 0 aliphatic carbocycles. The van der Waals surface area contributed by atoms with Crippen molar-refractivity contribution in [3.05, 3.63) is 30.1 Å². The molecule has 2 aromatic rings. The number of thioether (sulfide) groups is 1. The second kappa shape index (κ2) is 9.69. The molecule has 0 saturated carbocycles. The Labute approximate surface area is 145 Å². The molecule has 0 bridgehead atoms. The van der Waals surface area contributed by atoms with Gasteiger partial charge in [-0.2, -0.15) is 11.8 Å². The number of nitrogens with one attached hydrogen (secondary N) is 3. The molecular formula is C15H23N5OS2. The molecule has 0 saturated heterocycles. The number of H-pyrrole nitrogens is 1. The number of aromatic nitrogens is 2. The van der Waals surface area contributed by atoms with Crippen LogP contribution < -0.4 is 10.0 Å². The maximum absolute atomic E-state index is 11.5. The van der Waals surface area contributed by atoms with Gasteiger partial charge in [0.1, 0.15) is 5.82 Å². The largest absolute Gasteiger partial charge is 0.341 e. The number of imidazole rings is 1. The minimum atomic E-state index is -0.126. The minimum Gasteiger partial charge on any atom is -0.341 e. The topological polar surface area (TPSA) is 73.1 Å². The smallest absolute Gasteiger partial charge is 0.324 e. The summed E-state index contributed by atoms with van der Waals surface area (Å²) in [7, 11) is 3.96. The number of rotatable bonds is 9. The number of urea groups is 1. The van der Waals surface area contributed by atoms with Crippen molar-refractivity contribution in [1.29, 1.82) is 0 Å². The van der Waals surface area contributed by atoms with E-state index in [1.54, 1.807) is 11.8 Å². The van der Waals surface area contributed by atoms with Crippen molar-refractivity contribution in [2.45, 2.75) is 5.75 Å². The summed E-state index contributed by atoms with van der Waals surface area (Å²) in [6.07, 6.45) is 0. The summed E-state index contributed by atoms with van der Waals surface area (Å²) in [5, 5.41) is 2.81. The molecule has 0 aliphatic heterocycles. The van der Waals surface area contributed by atoms with E-state index in [9.17, 15) is 4.79 Å². The van der Waals surface area contributed by atoms with Gasteiger partial charge >= 0.3 is 6.03 Å². The summed E-state index contributed by atoms with van der Waals surface area (Å²) in [4.78, 5) is 21.4. The first-order valence-electron chi connectivity index (χ1n) is 7.47. The lowest BCUT2D eigenvalue weighted by Gasteiger charge is -2.10. The molecule has 0 unspecified atom stereocenters.